The maximum atomic E-state index is 14.5. The van der Waals surface area contributed by atoms with Gasteiger partial charge >= 0.3 is 0 Å². The molecule has 1 fully saturated rings. The summed E-state index contributed by atoms with van der Waals surface area (Å²) < 4.78 is 13.2. The quantitative estimate of drug-likeness (QED) is 0.382. The van der Waals surface area contributed by atoms with Crippen molar-refractivity contribution in [1.29, 1.82) is 0 Å². The third-order valence-electron chi connectivity index (χ3n) is 5.03. The van der Waals surface area contributed by atoms with Crippen LogP contribution in [0.4, 0.5) is 15.9 Å². The van der Waals surface area contributed by atoms with Crippen molar-refractivity contribution in [2.45, 2.75) is 29.9 Å². The molecule has 1 atom stereocenters. The maximum absolute atomic E-state index is 14.5. The number of benzene rings is 1. The molecule has 1 saturated heterocycles. The number of amides is 1. The lowest BCUT2D eigenvalue weighted by Crippen LogP contribution is -2.27. The van der Waals surface area contributed by atoms with Crippen molar-refractivity contribution in [3.63, 3.8) is 0 Å². The normalized spacial score (nSPS) is 18.4. The molecule has 1 N–H and O–H groups in total. The topological polar surface area (TPSA) is 83.9 Å². The van der Waals surface area contributed by atoms with Gasteiger partial charge in [-0.25, -0.2) is 24.3 Å². The van der Waals surface area contributed by atoms with E-state index in [2.05, 4.69) is 25.3 Å². The van der Waals surface area contributed by atoms with E-state index in [1.807, 2.05) is 71.7 Å². The summed E-state index contributed by atoms with van der Waals surface area (Å²) in [5.74, 6) is 0.964. The van der Waals surface area contributed by atoms with Gasteiger partial charge in [0.15, 0.2) is 9.49 Å². The number of carbonyl (C=O) groups is 1. The first-order chi connectivity index (χ1) is 14.8. The second kappa shape index (κ2) is 8.81. The van der Waals surface area contributed by atoms with Crippen molar-refractivity contribution < 1.29 is 9.18 Å². The highest BCUT2D eigenvalue weighted by Crippen LogP contribution is 2.39. The summed E-state index contributed by atoms with van der Waals surface area (Å²) >= 11 is 1.83. The molecule has 1 aliphatic heterocycles. The molecule has 1 aromatic carbocycles. The zero-order valence-corrected chi connectivity index (χ0v) is 19.4. The molecule has 1 unspecified atom stereocenters. The van der Waals surface area contributed by atoms with Crippen molar-refractivity contribution in [2.24, 2.45) is 0 Å². The van der Waals surface area contributed by atoms with Crippen molar-refractivity contribution in [3.05, 3.63) is 60.4 Å². The van der Waals surface area contributed by atoms with Crippen LogP contribution in [0, 0.1) is 0 Å². The van der Waals surface area contributed by atoms with Crippen LogP contribution >= 0.6 is 22.6 Å². The second-order valence-electron chi connectivity index (χ2n) is 7.75. The van der Waals surface area contributed by atoms with Crippen LogP contribution in [0.25, 0.3) is 11.3 Å². The van der Waals surface area contributed by atoms with E-state index >= 15 is 0 Å². The number of hydrogen-bond donors (Lipinski definition) is 1. The Bertz CT molecular complexity index is 1080. The van der Waals surface area contributed by atoms with Gasteiger partial charge in [-0.15, -0.1) is 0 Å². The van der Waals surface area contributed by atoms with Gasteiger partial charge in [0.25, 0.3) is 5.91 Å². The molecular weight excluding hydrogens is 510 g/mol. The predicted molar refractivity (Wildman–Crippen MR) is 126 cm³/mol. The first-order valence-electron chi connectivity index (χ1n) is 10.0. The van der Waals surface area contributed by atoms with E-state index in [4.69, 9.17) is 0 Å². The Kier molecular flexibility index (Phi) is 6.12. The lowest BCUT2D eigenvalue weighted by Gasteiger charge is -2.22. The molecule has 0 aliphatic carbocycles. The number of rotatable bonds is 5. The number of carbonyl (C=O) groups excluding carboxylic acids is 1. The largest absolute Gasteiger partial charge is 0.351 e. The number of aromatic nitrogens is 4. The van der Waals surface area contributed by atoms with Crippen molar-refractivity contribution >= 4 is 40.0 Å². The lowest BCUT2D eigenvalue weighted by atomic mass is 10.1. The van der Waals surface area contributed by atoms with Crippen LogP contribution in [0.3, 0.4) is 0 Å². The highest BCUT2D eigenvalue weighted by molar-refractivity contribution is 14.1. The van der Waals surface area contributed by atoms with E-state index in [-0.39, 0.29) is 18.4 Å². The number of halogens is 2. The Morgan fingerprint density at radius 1 is 1.16 bits per heavy atom. The predicted octanol–water partition coefficient (Wildman–Crippen LogP) is 4.62. The van der Waals surface area contributed by atoms with Crippen LogP contribution in [0.2, 0.25) is 0 Å². The molecular formula is C22H22FIN6O. The Morgan fingerprint density at radius 3 is 2.48 bits per heavy atom. The molecule has 0 radical (unpaired) electrons. The van der Waals surface area contributed by atoms with Gasteiger partial charge in [0, 0.05) is 36.8 Å². The fourth-order valence-electron chi connectivity index (χ4n) is 3.40. The highest BCUT2D eigenvalue weighted by Gasteiger charge is 2.37. The van der Waals surface area contributed by atoms with Gasteiger partial charge in [0.1, 0.15) is 17.8 Å². The van der Waals surface area contributed by atoms with E-state index in [1.54, 1.807) is 0 Å². The lowest BCUT2D eigenvalue weighted by molar-refractivity contribution is 0.102. The molecule has 0 spiro atoms. The van der Waals surface area contributed by atoms with Gasteiger partial charge in [-0.05, 0) is 22.6 Å². The van der Waals surface area contributed by atoms with Gasteiger partial charge < -0.3 is 10.2 Å². The van der Waals surface area contributed by atoms with E-state index < -0.39 is 3.68 Å². The van der Waals surface area contributed by atoms with Crippen LogP contribution in [-0.4, -0.2) is 42.6 Å². The van der Waals surface area contributed by atoms with E-state index in [0.717, 1.165) is 5.56 Å². The fraction of sp³-hybridized carbons (Fsp3) is 0.318. The van der Waals surface area contributed by atoms with Gasteiger partial charge in [0.05, 0.1) is 17.8 Å². The highest BCUT2D eigenvalue weighted by atomic mass is 127. The Morgan fingerprint density at radius 2 is 1.87 bits per heavy atom. The van der Waals surface area contributed by atoms with E-state index in [1.165, 1.54) is 18.7 Å². The van der Waals surface area contributed by atoms with Crippen molar-refractivity contribution in [2.75, 3.05) is 23.3 Å². The zero-order valence-electron chi connectivity index (χ0n) is 17.2. The number of nitrogens with zero attached hydrogens (tertiary/aromatic N) is 5. The average Bonchev–Trinajstić information content (AvgIpc) is 3.14. The van der Waals surface area contributed by atoms with E-state index in [0.29, 0.717) is 41.6 Å². The Balaban J connectivity index is 1.72. The van der Waals surface area contributed by atoms with Crippen LogP contribution in [-0.2, 0) is 0 Å². The summed E-state index contributed by atoms with van der Waals surface area (Å²) in [6, 6.07) is 9.52. The number of nitrogens with one attached hydrogen (secondary N) is 1. The third-order valence-corrected chi connectivity index (χ3v) is 5.91. The van der Waals surface area contributed by atoms with Gasteiger partial charge in [0.2, 0.25) is 0 Å². The summed E-state index contributed by atoms with van der Waals surface area (Å²) in [5, 5.41) is 2.94. The zero-order chi connectivity index (χ0) is 22.0. The molecule has 0 bridgehead atoms. The third kappa shape index (κ3) is 4.81. The average molecular weight is 532 g/mol. The summed E-state index contributed by atoms with van der Waals surface area (Å²) in [7, 11) is 0. The summed E-state index contributed by atoms with van der Waals surface area (Å²) in [5.41, 5.74) is 2.17. The molecule has 1 amide bonds. The minimum Gasteiger partial charge on any atom is -0.351 e. The molecule has 1 aliphatic rings. The molecule has 3 heterocycles. The molecule has 9 heteroatoms. The van der Waals surface area contributed by atoms with Gasteiger partial charge in [-0.1, -0.05) is 44.2 Å². The summed E-state index contributed by atoms with van der Waals surface area (Å²) in [6.07, 6.45) is 4.85. The summed E-state index contributed by atoms with van der Waals surface area (Å²) in [4.78, 5) is 32.2. The number of anilines is 2. The van der Waals surface area contributed by atoms with E-state index in [9.17, 15) is 9.18 Å². The molecule has 2 aromatic heterocycles. The first kappa shape index (κ1) is 21.5. The summed E-state index contributed by atoms with van der Waals surface area (Å²) in [6.45, 7) is 4.67. The smallest absolute Gasteiger partial charge is 0.258 e. The number of alkyl halides is 2. The maximum Gasteiger partial charge on any atom is 0.258 e. The molecule has 7 nitrogen and oxygen atoms in total. The molecule has 31 heavy (non-hydrogen) atoms. The second-order valence-corrected chi connectivity index (χ2v) is 9.69. The first-order valence-corrected chi connectivity index (χ1v) is 11.1. The van der Waals surface area contributed by atoms with Crippen LogP contribution in [0.1, 0.15) is 42.4 Å². The molecule has 3 aromatic rings. The standard InChI is InChI=1S/C22H22FIN6O/c1-14(2)19-25-10-16(11-26-19)21(31)29-18-17(15-6-4-3-5-7-15)27-13-28-20(18)30-9-8-22(23,24)12-30/h3-7,10-11,13-14H,8-9,12H2,1-2H3,(H,29,31). The van der Waals surface area contributed by atoms with Crippen LogP contribution in [0.15, 0.2) is 49.1 Å². The monoisotopic (exact) mass is 532 g/mol. The molecule has 0 saturated carbocycles. The van der Waals surface area contributed by atoms with Crippen LogP contribution in [0.5, 0.6) is 0 Å². The van der Waals surface area contributed by atoms with Crippen LogP contribution < -0.4 is 10.2 Å². The fourth-order valence-corrected chi connectivity index (χ4v) is 4.05. The Labute approximate surface area is 193 Å². The minimum absolute atomic E-state index is 0.167. The Hall–Kier alpha value is -2.69. The molecule has 4 rings (SSSR count). The van der Waals surface area contributed by atoms with Gasteiger partial charge in [-0.2, -0.15) is 0 Å². The SMILES string of the molecule is CC(C)c1ncc(C(=O)Nc2c(-c3ccccc3)ncnc2N2CCC(F)(I)C2)cn1. The number of hydrogen-bond acceptors (Lipinski definition) is 6. The van der Waals surface area contributed by atoms with Crippen molar-refractivity contribution in [1.82, 2.24) is 19.9 Å². The molecule has 160 valence electrons. The minimum atomic E-state index is -1.34. The van der Waals surface area contributed by atoms with Crippen molar-refractivity contribution in [3.8, 4) is 11.3 Å². The van der Waals surface area contributed by atoms with Gasteiger partial charge in [-0.3, -0.25) is 4.79 Å².